The lowest BCUT2D eigenvalue weighted by molar-refractivity contribution is 0.0395. The van der Waals surface area contributed by atoms with E-state index in [1.165, 1.54) is 5.56 Å². The largest absolute Gasteiger partial charge is 0.450 e. The number of piperidine rings is 1. The van der Waals surface area contributed by atoms with Crippen LogP contribution >= 0.6 is 0 Å². The Kier molecular flexibility index (Phi) is 5.48. The van der Waals surface area contributed by atoms with Crippen molar-refractivity contribution in [3.63, 3.8) is 0 Å². The molecule has 2 unspecified atom stereocenters. The first-order valence-corrected chi connectivity index (χ1v) is 10.4. The quantitative estimate of drug-likeness (QED) is 0.807. The molecule has 4 rings (SSSR count). The second kappa shape index (κ2) is 8.00. The number of anilines is 1. The summed E-state index contributed by atoms with van der Waals surface area (Å²) in [6.07, 6.45) is 9.15. The third-order valence-corrected chi connectivity index (χ3v) is 6.40. The van der Waals surface area contributed by atoms with Crippen molar-refractivity contribution >= 4 is 12.0 Å². The molecule has 1 amide bonds. The number of piperazine rings is 1. The second-order valence-electron chi connectivity index (χ2n) is 7.88. The number of aryl methyl sites for hydroxylation is 1. The highest BCUT2D eigenvalue weighted by Crippen LogP contribution is 2.38. The molecule has 148 valence electrons. The van der Waals surface area contributed by atoms with Gasteiger partial charge in [0.15, 0.2) is 0 Å². The fraction of sp³-hybridized carbons (Fsp3) is 0.750. The van der Waals surface area contributed by atoms with Gasteiger partial charge in [0.25, 0.3) is 0 Å². The summed E-state index contributed by atoms with van der Waals surface area (Å²) in [7, 11) is 0. The van der Waals surface area contributed by atoms with Crippen LogP contribution < -0.4 is 4.90 Å². The van der Waals surface area contributed by atoms with Crippen LogP contribution in [-0.2, 0) is 11.2 Å². The van der Waals surface area contributed by atoms with Crippen molar-refractivity contribution in [2.24, 2.45) is 0 Å². The van der Waals surface area contributed by atoms with Gasteiger partial charge in [0.1, 0.15) is 0 Å². The van der Waals surface area contributed by atoms with E-state index in [4.69, 9.17) is 4.74 Å². The number of fused-ring (bicyclic) bond motifs is 2. The fourth-order valence-electron chi connectivity index (χ4n) is 4.92. The molecule has 1 aromatic heterocycles. The lowest BCUT2D eigenvalue weighted by Gasteiger charge is -2.45. The number of ether oxygens (including phenoxy) is 1. The molecule has 0 radical (unpaired) electrons. The number of amides is 1. The average Bonchev–Trinajstić information content (AvgIpc) is 2.98. The molecule has 0 aliphatic carbocycles. The molecular formula is C20H31N5O2. The molecule has 1 aromatic rings. The maximum Gasteiger partial charge on any atom is 0.410 e. The van der Waals surface area contributed by atoms with Gasteiger partial charge in [-0.25, -0.2) is 14.8 Å². The molecule has 7 nitrogen and oxygen atoms in total. The summed E-state index contributed by atoms with van der Waals surface area (Å²) in [6, 6.07) is 1.30. The van der Waals surface area contributed by atoms with E-state index in [0.717, 1.165) is 64.2 Å². The Labute approximate surface area is 161 Å². The van der Waals surface area contributed by atoms with Gasteiger partial charge >= 0.3 is 6.09 Å². The number of carbonyl (C=O) groups is 1. The Balaban J connectivity index is 1.32. The Morgan fingerprint density at radius 3 is 2.22 bits per heavy atom. The summed E-state index contributed by atoms with van der Waals surface area (Å²) in [5, 5.41) is 0. The summed E-state index contributed by atoms with van der Waals surface area (Å²) >= 11 is 0. The zero-order chi connectivity index (χ0) is 18.8. The SMILES string of the molecule is CCOC(=O)N1C2CCC1CC(N1CCN(c3ncc(CC)cn3)CC1)C2. The maximum atomic E-state index is 12.3. The number of hydrogen-bond acceptors (Lipinski definition) is 6. The first-order chi connectivity index (χ1) is 13.2. The van der Waals surface area contributed by atoms with E-state index in [2.05, 4.69) is 26.7 Å². The highest BCUT2D eigenvalue weighted by atomic mass is 16.6. The third-order valence-electron chi connectivity index (χ3n) is 6.40. The monoisotopic (exact) mass is 373 g/mol. The maximum absolute atomic E-state index is 12.3. The zero-order valence-electron chi connectivity index (χ0n) is 16.5. The van der Waals surface area contributed by atoms with E-state index in [-0.39, 0.29) is 6.09 Å². The number of nitrogens with zero attached hydrogens (tertiary/aromatic N) is 5. The summed E-state index contributed by atoms with van der Waals surface area (Å²) < 4.78 is 5.28. The fourth-order valence-corrected chi connectivity index (χ4v) is 4.92. The Morgan fingerprint density at radius 1 is 1.04 bits per heavy atom. The van der Waals surface area contributed by atoms with Gasteiger partial charge in [0, 0.05) is 56.7 Å². The lowest BCUT2D eigenvalue weighted by Crippen LogP contribution is -2.57. The van der Waals surface area contributed by atoms with Crippen LogP contribution in [0.15, 0.2) is 12.4 Å². The minimum Gasteiger partial charge on any atom is -0.450 e. The van der Waals surface area contributed by atoms with Crippen molar-refractivity contribution < 1.29 is 9.53 Å². The molecule has 2 bridgehead atoms. The minimum absolute atomic E-state index is 0.110. The molecular weight excluding hydrogens is 342 g/mol. The van der Waals surface area contributed by atoms with E-state index in [1.54, 1.807) is 0 Å². The first-order valence-electron chi connectivity index (χ1n) is 10.4. The number of carbonyl (C=O) groups excluding carboxylic acids is 1. The normalized spacial score (nSPS) is 28.4. The van der Waals surface area contributed by atoms with Crippen molar-refractivity contribution in [1.29, 1.82) is 0 Å². The molecule has 3 saturated heterocycles. The Bertz CT molecular complexity index is 630. The Hall–Kier alpha value is -1.89. The van der Waals surface area contributed by atoms with Gasteiger partial charge in [-0.1, -0.05) is 6.92 Å². The molecule has 2 atom stereocenters. The van der Waals surface area contributed by atoms with Crippen LogP contribution in [-0.4, -0.2) is 76.8 Å². The topological polar surface area (TPSA) is 61.8 Å². The van der Waals surface area contributed by atoms with Gasteiger partial charge in [0.05, 0.1) is 6.61 Å². The lowest BCUT2D eigenvalue weighted by atomic mass is 9.95. The standard InChI is InChI=1S/C20H31N5O2/c1-3-15-13-21-19(22-14-15)24-9-7-23(8-10-24)18-11-16-5-6-17(12-18)25(16)20(26)27-4-2/h13-14,16-18H,3-12H2,1-2H3. The van der Waals surface area contributed by atoms with E-state index in [0.29, 0.717) is 24.7 Å². The van der Waals surface area contributed by atoms with Crippen LogP contribution in [0.25, 0.3) is 0 Å². The molecule has 0 N–H and O–H groups in total. The van der Waals surface area contributed by atoms with Crippen molar-refractivity contribution in [2.45, 2.75) is 64.1 Å². The molecule has 7 heteroatoms. The van der Waals surface area contributed by atoms with Crippen LogP contribution in [0.2, 0.25) is 0 Å². The van der Waals surface area contributed by atoms with Gasteiger partial charge in [-0.05, 0) is 44.6 Å². The summed E-state index contributed by atoms with van der Waals surface area (Å²) in [4.78, 5) is 28.2. The van der Waals surface area contributed by atoms with Crippen molar-refractivity contribution in [2.75, 3.05) is 37.7 Å². The number of aromatic nitrogens is 2. The van der Waals surface area contributed by atoms with Crippen LogP contribution in [0, 0.1) is 0 Å². The zero-order valence-corrected chi connectivity index (χ0v) is 16.5. The molecule has 4 heterocycles. The molecule has 3 aliphatic heterocycles. The minimum atomic E-state index is -0.110. The number of hydrogen-bond donors (Lipinski definition) is 0. The van der Waals surface area contributed by atoms with E-state index in [1.807, 2.05) is 24.2 Å². The molecule has 3 aliphatic rings. The molecule has 0 aromatic carbocycles. The summed E-state index contributed by atoms with van der Waals surface area (Å²) in [5.74, 6) is 0.851. The van der Waals surface area contributed by atoms with E-state index >= 15 is 0 Å². The molecule has 3 fully saturated rings. The molecule has 27 heavy (non-hydrogen) atoms. The molecule has 0 spiro atoms. The van der Waals surface area contributed by atoms with Crippen LogP contribution in [0.3, 0.4) is 0 Å². The predicted molar refractivity (Wildman–Crippen MR) is 104 cm³/mol. The van der Waals surface area contributed by atoms with Gasteiger partial charge in [0.2, 0.25) is 5.95 Å². The second-order valence-corrected chi connectivity index (χ2v) is 7.88. The van der Waals surface area contributed by atoms with Crippen molar-refractivity contribution in [3.8, 4) is 0 Å². The van der Waals surface area contributed by atoms with Crippen LogP contribution in [0.1, 0.15) is 45.1 Å². The average molecular weight is 374 g/mol. The van der Waals surface area contributed by atoms with Crippen LogP contribution in [0.5, 0.6) is 0 Å². The first kappa shape index (κ1) is 18.5. The van der Waals surface area contributed by atoms with Gasteiger partial charge in [-0.15, -0.1) is 0 Å². The van der Waals surface area contributed by atoms with Crippen molar-refractivity contribution in [3.05, 3.63) is 18.0 Å². The van der Waals surface area contributed by atoms with E-state index in [9.17, 15) is 4.79 Å². The number of rotatable bonds is 4. The van der Waals surface area contributed by atoms with Gasteiger partial charge in [-0.3, -0.25) is 4.90 Å². The summed E-state index contributed by atoms with van der Waals surface area (Å²) in [5.41, 5.74) is 1.18. The molecule has 0 saturated carbocycles. The van der Waals surface area contributed by atoms with E-state index < -0.39 is 0 Å². The summed E-state index contributed by atoms with van der Waals surface area (Å²) in [6.45, 7) is 8.49. The highest BCUT2D eigenvalue weighted by molar-refractivity contribution is 5.69. The van der Waals surface area contributed by atoms with Crippen molar-refractivity contribution in [1.82, 2.24) is 19.8 Å². The van der Waals surface area contributed by atoms with Gasteiger partial charge < -0.3 is 14.5 Å². The highest BCUT2D eigenvalue weighted by Gasteiger charge is 2.45. The smallest absolute Gasteiger partial charge is 0.410 e. The van der Waals surface area contributed by atoms with Gasteiger partial charge in [-0.2, -0.15) is 0 Å². The third kappa shape index (κ3) is 3.74. The Morgan fingerprint density at radius 2 is 1.67 bits per heavy atom. The predicted octanol–water partition coefficient (Wildman–Crippen LogP) is 2.31. The van der Waals surface area contributed by atoms with Crippen LogP contribution in [0.4, 0.5) is 10.7 Å².